The monoisotopic (exact) mass is 459 g/mol. The Kier molecular flexibility index (Phi) is 7.60. The second kappa shape index (κ2) is 11.2. The van der Waals surface area contributed by atoms with Crippen molar-refractivity contribution in [3.8, 4) is 5.75 Å². The molecular formula is C26H29N5O3. The number of ether oxygens (including phenoxy) is 1. The lowest BCUT2D eigenvalue weighted by Gasteiger charge is -2.35. The molecule has 1 fully saturated rings. The van der Waals surface area contributed by atoms with Crippen LogP contribution in [0.5, 0.6) is 5.75 Å². The van der Waals surface area contributed by atoms with Crippen LogP contribution < -0.4 is 20.3 Å². The highest BCUT2D eigenvalue weighted by Crippen LogP contribution is 2.17. The molecular weight excluding hydrogens is 430 g/mol. The zero-order valence-corrected chi connectivity index (χ0v) is 19.2. The molecule has 4 rings (SSSR count). The van der Waals surface area contributed by atoms with E-state index >= 15 is 0 Å². The number of piperazine rings is 1. The summed E-state index contributed by atoms with van der Waals surface area (Å²) in [7, 11) is 0. The van der Waals surface area contributed by atoms with Crippen LogP contribution in [0.3, 0.4) is 0 Å². The minimum absolute atomic E-state index is 0.243. The van der Waals surface area contributed by atoms with Crippen molar-refractivity contribution in [1.82, 2.24) is 15.2 Å². The first-order chi connectivity index (χ1) is 16.6. The molecule has 1 saturated heterocycles. The van der Waals surface area contributed by atoms with Gasteiger partial charge in [-0.2, -0.15) is 0 Å². The maximum atomic E-state index is 12.6. The predicted octanol–water partition coefficient (Wildman–Crippen LogP) is 3.52. The largest absolute Gasteiger partial charge is 0.489 e. The standard InChI is InChI=1S/C26H29N5O3/c1-20(28-26(33)31-17-15-30(16-18-31)24-9-5-6-14-27-24)25(32)29-22-10-12-23(13-11-22)34-19-21-7-3-2-4-8-21/h2-14,20H,15-19H2,1H3,(H,28,33)(H,29,32)/t20-/m1/s1. The van der Waals surface area contributed by atoms with Gasteiger partial charge in [-0.05, 0) is 48.9 Å². The van der Waals surface area contributed by atoms with E-state index in [2.05, 4.69) is 20.5 Å². The van der Waals surface area contributed by atoms with E-state index in [1.54, 1.807) is 30.2 Å². The number of hydrogen-bond donors (Lipinski definition) is 2. The number of carbonyl (C=O) groups is 2. The molecule has 8 heteroatoms. The molecule has 0 spiro atoms. The Bertz CT molecular complexity index is 1070. The van der Waals surface area contributed by atoms with Gasteiger partial charge in [-0.3, -0.25) is 4.79 Å². The molecule has 8 nitrogen and oxygen atoms in total. The summed E-state index contributed by atoms with van der Waals surface area (Å²) in [5.74, 6) is 1.35. The lowest BCUT2D eigenvalue weighted by atomic mass is 10.2. The summed E-state index contributed by atoms with van der Waals surface area (Å²) in [5, 5.41) is 5.63. The highest BCUT2D eigenvalue weighted by molar-refractivity contribution is 5.96. The number of nitrogens with zero attached hydrogens (tertiary/aromatic N) is 3. The van der Waals surface area contributed by atoms with Crippen LogP contribution in [-0.4, -0.2) is 54.0 Å². The van der Waals surface area contributed by atoms with Gasteiger partial charge in [0, 0.05) is 38.1 Å². The van der Waals surface area contributed by atoms with Crippen LogP contribution in [0.2, 0.25) is 0 Å². The van der Waals surface area contributed by atoms with Crippen molar-refractivity contribution >= 4 is 23.4 Å². The van der Waals surface area contributed by atoms with Gasteiger partial charge in [-0.15, -0.1) is 0 Å². The fourth-order valence-electron chi connectivity index (χ4n) is 3.65. The summed E-state index contributed by atoms with van der Waals surface area (Å²) in [6.07, 6.45) is 1.76. The van der Waals surface area contributed by atoms with E-state index < -0.39 is 6.04 Å². The quantitative estimate of drug-likeness (QED) is 0.565. The van der Waals surface area contributed by atoms with Gasteiger partial charge in [0.2, 0.25) is 5.91 Å². The molecule has 1 aliphatic heterocycles. The topological polar surface area (TPSA) is 86.8 Å². The summed E-state index contributed by atoms with van der Waals surface area (Å²) < 4.78 is 5.77. The third-order valence-corrected chi connectivity index (χ3v) is 5.64. The fourth-order valence-corrected chi connectivity index (χ4v) is 3.65. The van der Waals surface area contributed by atoms with E-state index in [0.717, 1.165) is 11.4 Å². The van der Waals surface area contributed by atoms with Crippen LogP contribution in [-0.2, 0) is 11.4 Å². The van der Waals surface area contributed by atoms with Gasteiger partial charge in [-0.25, -0.2) is 9.78 Å². The number of benzene rings is 2. The Balaban J connectivity index is 1.21. The van der Waals surface area contributed by atoms with E-state index in [4.69, 9.17) is 4.74 Å². The van der Waals surface area contributed by atoms with Crippen LogP contribution in [0, 0.1) is 0 Å². The summed E-state index contributed by atoms with van der Waals surface area (Å²) >= 11 is 0. The number of hydrogen-bond acceptors (Lipinski definition) is 5. The Morgan fingerprint density at radius 3 is 2.32 bits per heavy atom. The number of carbonyl (C=O) groups excluding carboxylic acids is 2. The maximum absolute atomic E-state index is 12.6. The SMILES string of the molecule is C[C@@H](NC(=O)N1CCN(c2ccccn2)CC1)C(=O)Nc1ccc(OCc2ccccc2)cc1. The molecule has 176 valence electrons. The van der Waals surface area contributed by atoms with Crippen LogP contribution >= 0.6 is 0 Å². The molecule has 1 aliphatic rings. The summed E-state index contributed by atoms with van der Waals surface area (Å²) in [4.78, 5) is 33.4. The molecule has 0 unspecified atom stereocenters. The van der Waals surface area contributed by atoms with E-state index in [0.29, 0.717) is 44.2 Å². The number of rotatable bonds is 7. The van der Waals surface area contributed by atoms with Gasteiger partial charge < -0.3 is 25.2 Å². The summed E-state index contributed by atoms with van der Waals surface area (Å²) in [6, 6.07) is 22.0. The van der Waals surface area contributed by atoms with Crippen molar-refractivity contribution in [3.05, 3.63) is 84.6 Å². The molecule has 3 aromatic rings. The van der Waals surface area contributed by atoms with Crippen LogP contribution in [0.15, 0.2) is 79.0 Å². The third-order valence-electron chi connectivity index (χ3n) is 5.64. The summed E-state index contributed by atoms with van der Waals surface area (Å²) in [5.41, 5.74) is 1.73. The number of urea groups is 1. The Morgan fingerprint density at radius 1 is 0.941 bits per heavy atom. The van der Waals surface area contributed by atoms with Crippen LogP contribution in [0.4, 0.5) is 16.3 Å². The first kappa shape index (κ1) is 23.1. The number of aromatic nitrogens is 1. The molecule has 0 saturated carbocycles. The Labute approximate surface area is 199 Å². The van der Waals surface area contributed by atoms with E-state index in [-0.39, 0.29) is 11.9 Å². The average molecular weight is 460 g/mol. The minimum atomic E-state index is -0.671. The van der Waals surface area contributed by atoms with Crippen molar-refractivity contribution in [2.75, 3.05) is 36.4 Å². The van der Waals surface area contributed by atoms with Crippen LogP contribution in [0.1, 0.15) is 12.5 Å². The molecule has 34 heavy (non-hydrogen) atoms. The zero-order chi connectivity index (χ0) is 23.8. The third kappa shape index (κ3) is 6.25. The molecule has 2 aromatic carbocycles. The number of pyridine rings is 1. The highest BCUT2D eigenvalue weighted by Gasteiger charge is 2.24. The normalized spacial score (nSPS) is 14.3. The molecule has 0 radical (unpaired) electrons. The first-order valence-corrected chi connectivity index (χ1v) is 11.4. The van der Waals surface area contributed by atoms with E-state index in [9.17, 15) is 9.59 Å². The first-order valence-electron chi connectivity index (χ1n) is 11.4. The Hall–Kier alpha value is -4.07. The lowest BCUT2D eigenvalue weighted by Crippen LogP contribution is -2.54. The highest BCUT2D eigenvalue weighted by atomic mass is 16.5. The molecule has 3 amide bonds. The van der Waals surface area contributed by atoms with Gasteiger partial charge in [0.1, 0.15) is 24.2 Å². The van der Waals surface area contributed by atoms with Crippen molar-refractivity contribution in [2.24, 2.45) is 0 Å². The second-order valence-corrected chi connectivity index (χ2v) is 8.12. The van der Waals surface area contributed by atoms with Crippen molar-refractivity contribution < 1.29 is 14.3 Å². The fraction of sp³-hybridized carbons (Fsp3) is 0.269. The summed E-state index contributed by atoms with van der Waals surface area (Å²) in [6.45, 7) is 4.69. The van der Waals surface area contributed by atoms with Crippen molar-refractivity contribution in [2.45, 2.75) is 19.6 Å². The van der Waals surface area contributed by atoms with Gasteiger partial charge in [0.05, 0.1) is 0 Å². The molecule has 1 aromatic heterocycles. The van der Waals surface area contributed by atoms with E-state index in [1.807, 2.05) is 60.7 Å². The zero-order valence-electron chi connectivity index (χ0n) is 19.2. The lowest BCUT2D eigenvalue weighted by molar-refractivity contribution is -0.117. The van der Waals surface area contributed by atoms with Crippen molar-refractivity contribution in [3.63, 3.8) is 0 Å². The second-order valence-electron chi connectivity index (χ2n) is 8.12. The molecule has 1 atom stereocenters. The number of amides is 3. The molecule has 2 N–H and O–H groups in total. The predicted molar refractivity (Wildman–Crippen MR) is 132 cm³/mol. The van der Waals surface area contributed by atoms with Crippen LogP contribution in [0.25, 0.3) is 0 Å². The van der Waals surface area contributed by atoms with Gasteiger partial charge in [0.25, 0.3) is 0 Å². The van der Waals surface area contributed by atoms with Crippen molar-refractivity contribution in [1.29, 1.82) is 0 Å². The molecule has 0 aliphatic carbocycles. The van der Waals surface area contributed by atoms with E-state index in [1.165, 1.54) is 0 Å². The maximum Gasteiger partial charge on any atom is 0.318 e. The average Bonchev–Trinajstić information content (AvgIpc) is 2.89. The molecule has 0 bridgehead atoms. The van der Waals surface area contributed by atoms with Gasteiger partial charge in [0.15, 0.2) is 0 Å². The molecule has 2 heterocycles. The van der Waals surface area contributed by atoms with Gasteiger partial charge in [-0.1, -0.05) is 36.4 Å². The Morgan fingerprint density at radius 2 is 1.65 bits per heavy atom. The smallest absolute Gasteiger partial charge is 0.318 e. The van der Waals surface area contributed by atoms with Gasteiger partial charge >= 0.3 is 6.03 Å². The minimum Gasteiger partial charge on any atom is -0.489 e. The number of nitrogens with one attached hydrogen (secondary N) is 2. The number of anilines is 2.